The lowest BCUT2D eigenvalue weighted by Gasteiger charge is -2.00. The van der Waals surface area contributed by atoms with Crippen molar-refractivity contribution in [3.63, 3.8) is 0 Å². The van der Waals surface area contributed by atoms with Crippen LogP contribution >= 0.6 is 22.6 Å². The molecule has 64 valence electrons. The molecule has 2 aromatic carbocycles. The highest BCUT2D eigenvalue weighted by Gasteiger charge is 1.95. The predicted molar refractivity (Wildman–Crippen MR) is 64.6 cm³/mol. The molecule has 0 spiro atoms. The molecule has 0 heterocycles. The minimum Gasteiger partial charge on any atom is -0.0622 e. The number of rotatable bonds is 1. The van der Waals surface area contributed by atoms with Crippen LogP contribution in [0.2, 0.25) is 0 Å². The van der Waals surface area contributed by atoms with Crippen LogP contribution in [0.5, 0.6) is 0 Å². The predicted octanol–water partition coefficient (Wildman–Crippen LogP) is 3.96. The molecule has 0 aliphatic heterocycles. The van der Waals surface area contributed by atoms with Crippen LogP contribution in [0.25, 0.3) is 11.1 Å². The highest BCUT2D eigenvalue weighted by molar-refractivity contribution is 14.1. The lowest BCUT2D eigenvalue weighted by molar-refractivity contribution is 1.59. The van der Waals surface area contributed by atoms with Crippen molar-refractivity contribution in [3.8, 4) is 11.1 Å². The van der Waals surface area contributed by atoms with Crippen molar-refractivity contribution in [1.29, 1.82) is 0 Å². The Morgan fingerprint density at radius 1 is 0.692 bits per heavy atom. The van der Waals surface area contributed by atoms with E-state index in [2.05, 4.69) is 71.1 Å². The summed E-state index contributed by atoms with van der Waals surface area (Å²) in [6.45, 7) is 0. The molecule has 0 saturated heterocycles. The topological polar surface area (TPSA) is 0 Å². The van der Waals surface area contributed by atoms with Gasteiger partial charge in [0.2, 0.25) is 0 Å². The molecule has 2 rings (SSSR count). The Bertz CT molecular complexity index is 393. The van der Waals surface area contributed by atoms with Crippen molar-refractivity contribution in [3.05, 3.63) is 58.2 Å². The van der Waals surface area contributed by atoms with Crippen LogP contribution in [0, 0.1) is 3.57 Å². The van der Waals surface area contributed by atoms with Gasteiger partial charge in [-0.3, -0.25) is 0 Å². The van der Waals surface area contributed by atoms with Crippen molar-refractivity contribution in [2.75, 3.05) is 0 Å². The molecule has 0 aromatic heterocycles. The zero-order valence-electron chi connectivity index (χ0n) is 7.07. The molecular formula is C12H9I. The summed E-state index contributed by atoms with van der Waals surface area (Å²) >= 11 is 2.33. The highest BCUT2D eigenvalue weighted by Crippen LogP contribution is 2.20. The van der Waals surface area contributed by atoms with Crippen molar-refractivity contribution < 1.29 is 0 Å². The Kier molecular flexibility index (Phi) is 2.64. The van der Waals surface area contributed by atoms with Crippen LogP contribution < -0.4 is 0 Å². The van der Waals surface area contributed by atoms with Crippen molar-refractivity contribution >= 4 is 22.6 Å². The van der Waals surface area contributed by atoms with Gasteiger partial charge in [-0.1, -0.05) is 42.5 Å². The first-order chi connectivity index (χ1) is 6.36. The normalized spacial score (nSPS) is 9.92. The van der Waals surface area contributed by atoms with Crippen molar-refractivity contribution in [1.82, 2.24) is 0 Å². The fourth-order valence-electron chi connectivity index (χ4n) is 1.30. The highest BCUT2D eigenvalue weighted by atomic mass is 127. The number of hydrogen-bond donors (Lipinski definition) is 0. The first-order valence-corrected chi connectivity index (χ1v) is 5.25. The third kappa shape index (κ3) is 2.10. The Labute approximate surface area is 91.8 Å². The number of hydrogen-bond acceptors (Lipinski definition) is 0. The second-order valence-electron chi connectivity index (χ2n) is 2.88. The van der Waals surface area contributed by atoms with Crippen LogP contribution in [0.3, 0.4) is 0 Å². The van der Waals surface area contributed by atoms with E-state index in [1.165, 1.54) is 14.7 Å². The standard InChI is InChI=1S/C12H9I/c13-12-8-4-7-11(9-12)10-5-2-1-3-6-10/h1-9H. The maximum atomic E-state index is 2.33. The zero-order chi connectivity index (χ0) is 9.10. The van der Waals surface area contributed by atoms with E-state index in [9.17, 15) is 0 Å². The summed E-state index contributed by atoms with van der Waals surface area (Å²) in [5.74, 6) is 0. The molecular weight excluding hydrogens is 271 g/mol. The van der Waals surface area contributed by atoms with Gasteiger partial charge in [-0.25, -0.2) is 0 Å². The van der Waals surface area contributed by atoms with Gasteiger partial charge in [0, 0.05) is 3.57 Å². The lowest BCUT2D eigenvalue weighted by atomic mass is 10.1. The molecule has 0 saturated carbocycles. The number of halogens is 1. The molecule has 0 aliphatic carbocycles. The fraction of sp³-hybridized carbons (Fsp3) is 0. The van der Waals surface area contributed by atoms with Gasteiger partial charge in [0.15, 0.2) is 0 Å². The van der Waals surface area contributed by atoms with Gasteiger partial charge in [0.25, 0.3) is 0 Å². The van der Waals surface area contributed by atoms with Gasteiger partial charge in [0.1, 0.15) is 0 Å². The monoisotopic (exact) mass is 280 g/mol. The molecule has 0 unspecified atom stereocenters. The maximum absolute atomic E-state index is 2.33. The van der Waals surface area contributed by atoms with E-state index in [1.54, 1.807) is 0 Å². The maximum Gasteiger partial charge on any atom is 0.0136 e. The van der Waals surface area contributed by atoms with E-state index in [1.807, 2.05) is 6.07 Å². The smallest absolute Gasteiger partial charge is 0.0136 e. The molecule has 2 aromatic rings. The second kappa shape index (κ2) is 3.92. The zero-order valence-corrected chi connectivity index (χ0v) is 9.23. The van der Waals surface area contributed by atoms with Crippen LogP contribution in [0.4, 0.5) is 0 Å². The molecule has 0 fully saturated rings. The quantitative estimate of drug-likeness (QED) is 0.694. The fourth-order valence-corrected chi connectivity index (χ4v) is 1.84. The van der Waals surface area contributed by atoms with E-state index in [0.29, 0.717) is 0 Å². The van der Waals surface area contributed by atoms with E-state index in [0.717, 1.165) is 0 Å². The Hall–Kier alpha value is -0.830. The van der Waals surface area contributed by atoms with Crippen LogP contribution in [-0.2, 0) is 0 Å². The molecule has 0 aliphatic rings. The summed E-state index contributed by atoms with van der Waals surface area (Å²) in [5.41, 5.74) is 2.56. The molecule has 0 nitrogen and oxygen atoms in total. The molecule has 0 radical (unpaired) electrons. The van der Waals surface area contributed by atoms with Gasteiger partial charge < -0.3 is 0 Å². The Morgan fingerprint density at radius 3 is 2.08 bits per heavy atom. The van der Waals surface area contributed by atoms with Gasteiger partial charge in [-0.15, -0.1) is 0 Å². The summed E-state index contributed by atoms with van der Waals surface area (Å²) in [4.78, 5) is 0. The van der Waals surface area contributed by atoms with E-state index in [4.69, 9.17) is 0 Å². The largest absolute Gasteiger partial charge is 0.0622 e. The lowest BCUT2D eigenvalue weighted by Crippen LogP contribution is -1.77. The minimum absolute atomic E-state index is 1.28. The summed E-state index contributed by atoms with van der Waals surface area (Å²) < 4.78 is 1.28. The average Bonchev–Trinajstić information content (AvgIpc) is 2.19. The third-order valence-electron chi connectivity index (χ3n) is 1.93. The van der Waals surface area contributed by atoms with E-state index in [-0.39, 0.29) is 0 Å². The summed E-state index contributed by atoms with van der Waals surface area (Å²) in [6.07, 6.45) is 0. The number of benzene rings is 2. The van der Waals surface area contributed by atoms with E-state index < -0.39 is 0 Å². The molecule has 13 heavy (non-hydrogen) atoms. The Morgan fingerprint density at radius 2 is 1.38 bits per heavy atom. The average molecular weight is 280 g/mol. The minimum atomic E-state index is 1.28. The first-order valence-electron chi connectivity index (χ1n) is 4.17. The van der Waals surface area contributed by atoms with Crippen LogP contribution in [0.15, 0.2) is 54.6 Å². The molecule has 0 bridgehead atoms. The Balaban J connectivity index is 2.48. The van der Waals surface area contributed by atoms with Gasteiger partial charge in [0.05, 0.1) is 0 Å². The van der Waals surface area contributed by atoms with Gasteiger partial charge in [-0.2, -0.15) is 0 Å². The molecule has 0 atom stereocenters. The van der Waals surface area contributed by atoms with E-state index >= 15 is 0 Å². The summed E-state index contributed by atoms with van der Waals surface area (Å²) in [6, 6.07) is 18.9. The van der Waals surface area contributed by atoms with Crippen LogP contribution in [-0.4, -0.2) is 0 Å². The van der Waals surface area contributed by atoms with Crippen molar-refractivity contribution in [2.24, 2.45) is 0 Å². The van der Waals surface area contributed by atoms with Gasteiger partial charge >= 0.3 is 0 Å². The molecule has 0 N–H and O–H groups in total. The summed E-state index contributed by atoms with van der Waals surface area (Å²) in [5, 5.41) is 0. The molecule has 1 heteroatoms. The molecule has 0 amide bonds. The van der Waals surface area contributed by atoms with Crippen LogP contribution in [0.1, 0.15) is 0 Å². The van der Waals surface area contributed by atoms with Gasteiger partial charge in [-0.05, 0) is 45.9 Å². The summed E-state index contributed by atoms with van der Waals surface area (Å²) in [7, 11) is 0. The SMILES string of the molecule is Ic1cccc(-c2ccccc2)c1. The first kappa shape index (κ1) is 8.75. The van der Waals surface area contributed by atoms with Crippen molar-refractivity contribution in [2.45, 2.75) is 0 Å². The second-order valence-corrected chi connectivity index (χ2v) is 4.12. The third-order valence-corrected chi connectivity index (χ3v) is 2.60.